The third-order valence-electron chi connectivity index (χ3n) is 5.86. The first-order valence-electron chi connectivity index (χ1n) is 8.12. The second-order valence-corrected chi connectivity index (χ2v) is 9.27. The molecule has 1 aliphatic heterocycles. The van der Waals surface area contributed by atoms with Crippen molar-refractivity contribution in [2.45, 2.75) is 49.1 Å². The van der Waals surface area contributed by atoms with Crippen molar-refractivity contribution in [3.63, 3.8) is 0 Å². The van der Waals surface area contributed by atoms with Crippen molar-refractivity contribution < 1.29 is 14.2 Å². The molecule has 1 unspecified atom stereocenters. The van der Waals surface area contributed by atoms with E-state index in [0.29, 0.717) is 5.92 Å². The summed E-state index contributed by atoms with van der Waals surface area (Å²) in [4.78, 5) is 0. The molecule has 2 saturated carbocycles. The topological polar surface area (TPSA) is 27.7 Å². The highest BCUT2D eigenvalue weighted by atomic mass is 32.2. The summed E-state index contributed by atoms with van der Waals surface area (Å²) in [6.07, 6.45) is 7.66. The Bertz CT molecular complexity index is 355. The average Bonchev–Trinajstić information content (AvgIpc) is 3.10. The van der Waals surface area contributed by atoms with Gasteiger partial charge in [-0.05, 0) is 49.5 Å². The lowest BCUT2D eigenvalue weighted by Gasteiger charge is -2.53. The minimum absolute atomic E-state index is 0.0942. The van der Waals surface area contributed by atoms with Gasteiger partial charge in [-0.2, -0.15) is 0 Å². The maximum absolute atomic E-state index is 6.25. The van der Waals surface area contributed by atoms with Crippen LogP contribution in [0.2, 0.25) is 0 Å². The van der Waals surface area contributed by atoms with E-state index >= 15 is 0 Å². The van der Waals surface area contributed by atoms with Crippen molar-refractivity contribution >= 4 is 23.5 Å². The molecule has 0 N–H and O–H groups in total. The van der Waals surface area contributed by atoms with Gasteiger partial charge in [-0.3, -0.25) is 0 Å². The van der Waals surface area contributed by atoms with Gasteiger partial charge in [0.1, 0.15) is 0 Å². The number of rotatable bonds is 5. The van der Waals surface area contributed by atoms with Crippen LogP contribution in [-0.4, -0.2) is 43.4 Å². The lowest BCUT2D eigenvalue weighted by molar-refractivity contribution is -0.177. The third-order valence-corrected chi connectivity index (χ3v) is 9.41. The average molecular weight is 333 g/mol. The Morgan fingerprint density at radius 1 is 0.952 bits per heavy atom. The van der Waals surface area contributed by atoms with Crippen molar-refractivity contribution in [2.75, 3.05) is 32.8 Å². The second kappa shape index (κ2) is 6.60. The Kier molecular flexibility index (Phi) is 5.16. The molecular weight excluding hydrogens is 304 g/mol. The molecule has 0 bridgehead atoms. The highest BCUT2D eigenvalue weighted by molar-refractivity contribution is 8.18. The normalized spacial score (nSPS) is 38.9. The fourth-order valence-corrected chi connectivity index (χ4v) is 8.90. The van der Waals surface area contributed by atoms with Crippen LogP contribution in [-0.2, 0) is 14.2 Å². The fraction of sp³-hybridized carbons (Fsp3) is 1.00. The molecule has 3 fully saturated rings. The number of hydrogen-bond acceptors (Lipinski definition) is 5. The molecule has 0 aromatic rings. The van der Waals surface area contributed by atoms with Crippen molar-refractivity contribution in [1.29, 1.82) is 0 Å². The standard InChI is InChI=1S/C16H28O3S2/c1-17-14(18-2)13-8-7-12-6-4-9-15(12,13)16(19-3)20-10-5-11-21-16/h12-14H,4-11H2,1-3H3/t12-,13?,15+/m1/s1. The van der Waals surface area contributed by atoms with Crippen molar-refractivity contribution in [2.24, 2.45) is 17.3 Å². The molecule has 5 heteroatoms. The Balaban J connectivity index is 1.99. The third kappa shape index (κ3) is 2.38. The molecule has 0 radical (unpaired) electrons. The van der Waals surface area contributed by atoms with Crippen LogP contribution in [0.4, 0.5) is 0 Å². The van der Waals surface area contributed by atoms with Gasteiger partial charge in [0.2, 0.25) is 0 Å². The minimum Gasteiger partial charge on any atom is -0.358 e. The summed E-state index contributed by atoms with van der Waals surface area (Å²) < 4.78 is 17.6. The van der Waals surface area contributed by atoms with Crippen molar-refractivity contribution in [3.05, 3.63) is 0 Å². The lowest BCUT2D eigenvalue weighted by Crippen LogP contribution is -2.53. The SMILES string of the molecule is COC(OC)C1CC[C@H]2CCC[C@@]12C1(OC)SCCCS1. The van der Waals surface area contributed by atoms with Gasteiger partial charge in [0, 0.05) is 32.7 Å². The van der Waals surface area contributed by atoms with Gasteiger partial charge >= 0.3 is 0 Å². The zero-order chi connectivity index (χ0) is 14.9. The van der Waals surface area contributed by atoms with Crippen molar-refractivity contribution in [1.82, 2.24) is 0 Å². The highest BCUT2D eigenvalue weighted by Crippen LogP contribution is 2.71. The van der Waals surface area contributed by atoms with Gasteiger partial charge < -0.3 is 14.2 Å². The van der Waals surface area contributed by atoms with E-state index in [-0.39, 0.29) is 16.0 Å². The summed E-state index contributed by atoms with van der Waals surface area (Å²) in [6.45, 7) is 0. The van der Waals surface area contributed by atoms with Crippen LogP contribution in [0.25, 0.3) is 0 Å². The van der Waals surface area contributed by atoms with Crippen LogP contribution in [0.15, 0.2) is 0 Å². The Labute approximate surface area is 137 Å². The summed E-state index contributed by atoms with van der Waals surface area (Å²) in [5.74, 6) is 3.66. The molecule has 21 heavy (non-hydrogen) atoms. The van der Waals surface area contributed by atoms with E-state index in [1.807, 2.05) is 30.6 Å². The molecule has 0 aromatic heterocycles. The first-order valence-corrected chi connectivity index (χ1v) is 10.1. The molecule has 1 heterocycles. The smallest absolute Gasteiger partial charge is 0.166 e. The van der Waals surface area contributed by atoms with Crippen LogP contribution < -0.4 is 0 Å². The number of hydrogen-bond donors (Lipinski definition) is 0. The van der Waals surface area contributed by atoms with Crippen LogP contribution in [0.5, 0.6) is 0 Å². The molecule has 3 atom stereocenters. The maximum Gasteiger partial charge on any atom is 0.166 e. The minimum atomic E-state index is -0.0944. The van der Waals surface area contributed by atoms with Crippen LogP contribution >= 0.6 is 23.5 Å². The molecule has 0 spiro atoms. The van der Waals surface area contributed by atoms with E-state index in [1.165, 1.54) is 50.0 Å². The molecule has 1 saturated heterocycles. The quantitative estimate of drug-likeness (QED) is 0.710. The van der Waals surface area contributed by atoms with Crippen LogP contribution in [0.1, 0.15) is 38.5 Å². The van der Waals surface area contributed by atoms with E-state index in [4.69, 9.17) is 14.2 Å². The Hall–Kier alpha value is 0.580. The lowest BCUT2D eigenvalue weighted by atomic mass is 9.73. The molecule has 0 aromatic carbocycles. The Morgan fingerprint density at radius 2 is 1.67 bits per heavy atom. The van der Waals surface area contributed by atoms with Gasteiger partial charge in [-0.1, -0.05) is 6.42 Å². The highest BCUT2D eigenvalue weighted by Gasteiger charge is 2.67. The van der Waals surface area contributed by atoms with E-state index in [1.54, 1.807) is 14.2 Å². The first kappa shape index (κ1) is 16.4. The zero-order valence-electron chi connectivity index (χ0n) is 13.4. The van der Waals surface area contributed by atoms with Crippen molar-refractivity contribution in [3.8, 4) is 0 Å². The Morgan fingerprint density at radius 3 is 2.29 bits per heavy atom. The van der Waals surface area contributed by atoms with Gasteiger partial charge in [-0.15, -0.1) is 23.5 Å². The molecule has 2 aliphatic carbocycles. The summed E-state index contributed by atoms with van der Waals surface area (Å²) in [7, 11) is 5.48. The zero-order valence-corrected chi connectivity index (χ0v) is 15.1. The number of ether oxygens (including phenoxy) is 3. The van der Waals surface area contributed by atoms with Gasteiger partial charge in [0.15, 0.2) is 10.6 Å². The predicted molar refractivity (Wildman–Crippen MR) is 89.6 cm³/mol. The predicted octanol–water partition coefficient (Wildman–Crippen LogP) is 3.97. The summed E-state index contributed by atoms with van der Waals surface area (Å²) in [5, 5.41) is 0. The first-order chi connectivity index (χ1) is 10.2. The van der Waals surface area contributed by atoms with Crippen LogP contribution in [0.3, 0.4) is 0 Å². The van der Waals surface area contributed by atoms with E-state index in [9.17, 15) is 0 Å². The van der Waals surface area contributed by atoms with Gasteiger partial charge in [-0.25, -0.2) is 0 Å². The number of methoxy groups -OCH3 is 3. The largest absolute Gasteiger partial charge is 0.358 e. The molecule has 3 aliphatic rings. The monoisotopic (exact) mass is 332 g/mol. The van der Waals surface area contributed by atoms with E-state index < -0.39 is 0 Å². The molecule has 122 valence electrons. The number of thioether (sulfide) groups is 2. The molecule has 3 nitrogen and oxygen atoms in total. The van der Waals surface area contributed by atoms with Gasteiger partial charge in [0.05, 0.1) is 0 Å². The molecular formula is C16H28O3S2. The summed E-state index contributed by atoms with van der Waals surface area (Å²) in [6, 6.07) is 0. The maximum atomic E-state index is 6.25. The van der Waals surface area contributed by atoms with E-state index in [2.05, 4.69) is 0 Å². The second-order valence-electron chi connectivity index (χ2n) is 6.46. The molecule has 3 rings (SSSR count). The van der Waals surface area contributed by atoms with E-state index in [0.717, 1.165) is 5.92 Å². The number of fused-ring (bicyclic) bond motifs is 1. The summed E-state index contributed by atoms with van der Waals surface area (Å²) >= 11 is 4.09. The molecule has 0 amide bonds. The van der Waals surface area contributed by atoms with Crippen LogP contribution in [0, 0.1) is 17.3 Å². The van der Waals surface area contributed by atoms with Gasteiger partial charge in [0.25, 0.3) is 0 Å². The fourth-order valence-electron chi connectivity index (χ4n) is 5.16. The summed E-state index contributed by atoms with van der Waals surface area (Å²) in [5.41, 5.74) is 0.216.